The van der Waals surface area contributed by atoms with Gasteiger partial charge in [-0.2, -0.15) is 0 Å². The van der Waals surface area contributed by atoms with Crippen LogP contribution < -0.4 is 0 Å². The highest BCUT2D eigenvalue weighted by Gasteiger charge is 2.26. The molecule has 1 fully saturated rings. The van der Waals surface area contributed by atoms with E-state index in [1.165, 1.54) is 0 Å². The maximum absolute atomic E-state index is 11.2. The van der Waals surface area contributed by atoms with Crippen LogP contribution in [-0.2, 0) is 6.54 Å². The monoisotopic (exact) mass is 351 g/mol. The molecule has 0 saturated carbocycles. The Labute approximate surface area is 151 Å². The van der Waals surface area contributed by atoms with Gasteiger partial charge in [0.05, 0.1) is 4.92 Å². The summed E-state index contributed by atoms with van der Waals surface area (Å²) in [6, 6.07) is 13.1. The molecule has 1 aliphatic rings. The van der Waals surface area contributed by atoms with Gasteiger partial charge in [-0.3, -0.25) is 15.0 Å². The van der Waals surface area contributed by atoms with E-state index in [9.17, 15) is 10.1 Å². The third-order valence-electron chi connectivity index (χ3n) is 5.17. The Hall–Kier alpha value is -2.73. The predicted octanol–water partition coefficient (Wildman–Crippen LogP) is 4.42. The van der Waals surface area contributed by atoms with Gasteiger partial charge in [0.15, 0.2) is 11.5 Å². The van der Waals surface area contributed by atoms with Crippen molar-refractivity contribution >= 4 is 16.8 Å². The zero-order chi connectivity index (χ0) is 18.1. The number of hydrogen-bond acceptors (Lipinski definition) is 5. The van der Waals surface area contributed by atoms with Crippen LogP contribution in [0.4, 0.5) is 5.69 Å². The number of oxazole rings is 1. The molecule has 0 spiro atoms. The summed E-state index contributed by atoms with van der Waals surface area (Å²) in [6.45, 7) is 4.38. The third-order valence-corrected chi connectivity index (χ3v) is 5.17. The number of nitrogens with zero attached hydrogens (tertiary/aromatic N) is 3. The van der Waals surface area contributed by atoms with Gasteiger partial charge in [-0.15, -0.1) is 0 Å². The Bertz CT molecular complexity index is 917. The number of likely N-dealkylation sites (tertiary alicyclic amines) is 1. The molecule has 1 saturated heterocycles. The maximum Gasteiger partial charge on any atom is 0.272 e. The molecule has 2 aromatic carbocycles. The number of nitro benzene ring substituents is 1. The van der Waals surface area contributed by atoms with Crippen molar-refractivity contribution in [1.82, 2.24) is 9.88 Å². The molecule has 1 atom stereocenters. The summed E-state index contributed by atoms with van der Waals surface area (Å²) in [5, 5.41) is 11.2. The minimum Gasteiger partial charge on any atom is -0.440 e. The normalized spacial score (nSPS) is 18.3. The van der Waals surface area contributed by atoms with Crippen molar-refractivity contribution in [2.45, 2.75) is 32.2 Å². The van der Waals surface area contributed by atoms with Gasteiger partial charge in [-0.25, -0.2) is 4.98 Å². The number of para-hydroxylation sites is 2. The van der Waals surface area contributed by atoms with Crippen molar-refractivity contribution in [3.05, 3.63) is 69.6 Å². The van der Waals surface area contributed by atoms with Gasteiger partial charge >= 0.3 is 0 Å². The molecule has 1 aliphatic heterocycles. The first-order valence-electron chi connectivity index (χ1n) is 8.92. The molecule has 1 unspecified atom stereocenters. The number of hydrogen-bond donors (Lipinski definition) is 0. The van der Waals surface area contributed by atoms with Crippen LogP contribution in [0.15, 0.2) is 46.9 Å². The fourth-order valence-corrected chi connectivity index (χ4v) is 3.75. The van der Waals surface area contributed by atoms with Gasteiger partial charge in [-0.05, 0) is 44.0 Å². The Balaban J connectivity index is 1.52. The molecule has 1 aromatic heterocycles. The summed E-state index contributed by atoms with van der Waals surface area (Å²) in [4.78, 5) is 17.8. The van der Waals surface area contributed by atoms with Crippen molar-refractivity contribution < 1.29 is 9.34 Å². The lowest BCUT2D eigenvalue weighted by Gasteiger charge is -2.31. The summed E-state index contributed by atoms with van der Waals surface area (Å²) in [7, 11) is 0. The fourth-order valence-electron chi connectivity index (χ4n) is 3.75. The minimum absolute atomic E-state index is 0.190. The van der Waals surface area contributed by atoms with Gasteiger partial charge in [0.1, 0.15) is 5.52 Å². The second-order valence-electron chi connectivity index (χ2n) is 6.91. The summed E-state index contributed by atoms with van der Waals surface area (Å²) in [5.74, 6) is 1.06. The molecule has 2 heterocycles. The SMILES string of the molecule is Cc1c(CN2CCCC(c3nc4ccccc4o3)C2)cccc1[N+](=O)[O-]. The highest BCUT2D eigenvalue weighted by atomic mass is 16.6. The molecule has 0 aliphatic carbocycles. The number of benzene rings is 2. The number of nitro groups is 1. The summed E-state index contributed by atoms with van der Waals surface area (Å²) in [6.07, 6.45) is 2.12. The van der Waals surface area contributed by atoms with E-state index >= 15 is 0 Å². The fraction of sp³-hybridized carbons (Fsp3) is 0.350. The molecule has 26 heavy (non-hydrogen) atoms. The van der Waals surface area contributed by atoms with E-state index in [0.29, 0.717) is 6.54 Å². The Morgan fingerprint density at radius 3 is 2.92 bits per heavy atom. The maximum atomic E-state index is 11.2. The number of rotatable bonds is 4. The van der Waals surface area contributed by atoms with E-state index in [-0.39, 0.29) is 16.5 Å². The molecule has 0 bridgehead atoms. The summed E-state index contributed by atoms with van der Waals surface area (Å²) >= 11 is 0. The minimum atomic E-state index is -0.309. The molecule has 6 nitrogen and oxygen atoms in total. The molecular weight excluding hydrogens is 330 g/mol. The van der Waals surface area contributed by atoms with E-state index in [0.717, 1.165) is 54.0 Å². The molecular formula is C20H21N3O3. The third kappa shape index (κ3) is 3.20. The second-order valence-corrected chi connectivity index (χ2v) is 6.91. The van der Waals surface area contributed by atoms with Crippen LogP contribution >= 0.6 is 0 Å². The molecule has 6 heteroatoms. The van der Waals surface area contributed by atoms with E-state index in [4.69, 9.17) is 4.42 Å². The smallest absolute Gasteiger partial charge is 0.272 e. The number of aromatic nitrogens is 1. The van der Waals surface area contributed by atoms with Crippen molar-refractivity contribution in [3.63, 3.8) is 0 Å². The van der Waals surface area contributed by atoms with E-state index in [1.54, 1.807) is 12.1 Å². The summed E-state index contributed by atoms with van der Waals surface area (Å²) < 4.78 is 5.95. The van der Waals surface area contributed by atoms with Gasteiger partial charge in [0, 0.05) is 30.6 Å². The van der Waals surface area contributed by atoms with Crippen LogP contribution in [0.2, 0.25) is 0 Å². The van der Waals surface area contributed by atoms with Crippen molar-refractivity contribution in [2.24, 2.45) is 0 Å². The molecule has 3 aromatic rings. The molecule has 0 radical (unpaired) electrons. The van der Waals surface area contributed by atoms with Crippen LogP contribution in [-0.4, -0.2) is 27.9 Å². The Morgan fingerprint density at radius 1 is 1.27 bits per heavy atom. The average molecular weight is 351 g/mol. The van der Waals surface area contributed by atoms with Gasteiger partial charge in [-0.1, -0.05) is 24.3 Å². The second kappa shape index (κ2) is 6.88. The van der Waals surface area contributed by atoms with Gasteiger partial charge in [0.2, 0.25) is 0 Å². The molecule has 0 amide bonds. The molecule has 134 valence electrons. The first-order valence-corrected chi connectivity index (χ1v) is 8.92. The predicted molar refractivity (Wildman–Crippen MR) is 99.1 cm³/mol. The van der Waals surface area contributed by atoms with Crippen molar-refractivity contribution in [2.75, 3.05) is 13.1 Å². The van der Waals surface area contributed by atoms with Crippen LogP contribution in [0, 0.1) is 17.0 Å². The highest BCUT2D eigenvalue weighted by molar-refractivity contribution is 5.72. The van der Waals surface area contributed by atoms with Crippen LogP contribution in [0.25, 0.3) is 11.1 Å². The lowest BCUT2D eigenvalue weighted by Crippen LogP contribution is -2.34. The topological polar surface area (TPSA) is 72.4 Å². The van der Waals surface area contributed by atoms with Crippen LogP contribution in [0.1, 0.15) is 35.8 Å². The molecule has 4 rings (SSSR count). The highest BCUT2D eigenvalue weighted by Crippen LogP contribution is 2.30. The Kier molecular flexibility index (Phi) is 4.42. The first kappa shape index (κ1) is 16.7. The average Bonchev–Trinajstić information content (AvgIpc) is 3.08. The largest absolute Gasteiger partial charge is 0.440 e. The lowest BCUT2D eigenvalue weighted by molar-refractivity contribution is -0.385. The first-order chi connectivity index (χ1) is 12.6. The van der Waals surface area contributed by atoms with Crippen molar-refractivity contribution in [1.29, 1.82) is 0 Å². The standard InChI is InChI=1S/C20H21N3O3/c1-14-15(6-4-9-18(14)23(24)25)12-22-11-5-7-16(13-22)20-21-17-8-2-3-10-19(17)26-20/h2-4,6,8-10,16H,5,7,11-13H2,1H3. The summed E-state index contributed by atoms with van der Waals surface area (Å²) in [5.41, 5.74) is 3.68. The zero-order valence-electron chi connectivity index (χ0n) is 14.7. The lowest BCUT2D eigenvalue weighted by atomic mass is 9.97. The number of piperidine rings is 1. The van der Waals surface area contributed by atoms with E-state index < -0.39 is 0 Å². The van der Waals surface area contributed by atoms with E-state index in [1.807, 2.05) is 37.3 Å². The van der Waals surface area contributed by atoms with Crippen LogP contribution in [0.5, 0.6) is 0 Å². The number of fused-ring (bicyclic) bond motifs is 1. The Morgan fingerprint density at radius 2 is 2.12 bits per heavy atom. The zero-order valence-corrected chi connectivity index (χ0v) is 14.7. The van der Waals surface area contributed by atoms with Crippen LogP contribution in [0.3, 0.4) is 0 Å². The van der Waals surface area contributed by atoms with Gasteiger partial charge in [0.25, 0.3) is 5.69 Å². The van der Waals surface area contributed by atoms with Gasteiger partial charge < -0.3 is 4.42 Å². The van der Waals surface area contributed by atoms with Crippen molar-refractivity contribution in [3.8, 4) is 0 Å². The van der Waals surface area contributed by atoms with E-state index in [2.05, 4.69) is 9.88 Å². The molecule has 0 N–H and O–H groups in total. The quantitative estimate of drug-likeness (QED) is 0.514.